The second kappa shape index (κ2) is 17.6. The van der Waals surface area contributed by atoms with Gasteiger partial charge in [0.2, 0.25) is 0 Å². The summed E-state index contributed by atoms with van der Waals surface area (Å²) >= 11 is 0. The summed E-state index contributed by atoms with van der Waals surface area (Å²) in [7, 11) is 0. The zero-order valence-corrected chi connectivity index (χ0v) is 37.4. The van der Waals surface area contributed by atoms with Gasteiger partial charge >= 0.3 is 0 Å². The predicted octanol–water partition coefficient (Wildman–Crippen LogP) is 17.3. The van der Waals surface area contributed by atoms with Gasteiger partial charge in [-0.1, -0.05) is 172 Å². The molecule has 0 saturated heterocycles. The van der Waals surface area contributed by atoms with Gasteiger partial charge in [-0.2, -0.15) is 0 Å². The first-order chi connectivity index (χ1) is 41.3. The van der Waals surface area contributed by atoms with Gasteiger partial charge < -0.3 is 5.11 Å². The third kappa shape index (κ3) is 8.98. The number of hydrogen-bond donors (Lipinski definition) is 1. The van der Waals surface area contributed by atoms with Gasteiger partial charge in [-0.05, 0) is 145 Å². The van der Waals surface area contributed by atoms with Crippen molar-refractivity contribution in [1.82, 2.24) is 14.5 Å². The van der Waals surface area contributed by atoms with Crippen molar-refractivity contribution in [2.45, 2.75) is 98.3 Å². The average Bonchev–Trinajstić information content (AvgIpc) is 0.793. The van der Waals surface area contributed by atoms with Crippen molar-refractivity contribution < 1.29 is 36.6 Å². The molecule has 9 rings (SSSR count). The lowest BCUT2D eigenvalue weighted by Crippen LogP contribution is -2.17. The van der Waals surface area contributed by atoms with Gasteiger partial charge in [0.1, 0.15) is 11.6 Å². The number of phenolic OH excluding ortho intramolecular Hbond substituents is 1. The number of aromatic nitrogens is 3. The summed E-state index contributed by atoms with van der Waals surface area (Å²) in [5.74, 6) is -4.65. The molecule has 67 heavy (non-hydrogen) atoms. The van der Waals surface area contributed by atoms with E-state index in [0.717, 1.165) is 21.3 Å². The highest BCUT2D eigenvalue weighted by atomic mass is 16.3. The number of rotatable bonds is 9. The number of aromatic hydroxyl groups is 1. The monoisotopic (exact) mass is 901 g/mol. The Labute approximate surface area is 430 Å². The van der Waals surface area contributed by atoms with Crippen LogP contribution >= 0.6 is 0 Å². The zero-order valence-electron chi connectivity index (χ0n) is 60.4. The van der Waals surface area contributed by atoms with Gasteiger partial charge in [0.15, 0.2) is 0 Å². The normalized spacial score (nSPS) is 18.8. The van der Waals surface area contributed by atoms with E-state index in [2.05, 4.69) is 0 Å². The molecule has 2 heterocycles. The van der Waals surface area contributed by atoms with Gasteiger partial charge in [0.05, 0.1) is 28.0 Å². The number of aryl methyl sites for hydroxylation is 1. The molecule has 0 bridgehead atoms. The van der Waals surface area contributed by atoms with Crippen LogP contribution in [-0.4, -0.2) is 19.6 Å². The van der Waals surface area contributed by atoms with E-state index in [1.54, 1.807) is 64.2 Å². The standard InChI is InChI=1S/C63H63N3O/c1-39(2)46-30-47(40(3)4)32-49(31-46)44-25-26-57(41(5)29-44)66-58-24-18-23-53(59(58)65-61(66)54-37-52(62(6,7)8)38-55(60(54)67)63(9,10)11)50-33-48(43-21-16-13-17-22-43)34-51(35-50)56-36-45(27-28-64-56)42-19-14-12-15-20-42/h12-40,67H,1-11H3/i5D3,6D3,7D3,8D3,9D3,10D3,11D3,39D,40D. The second-order valence-corrected chi connectivity index (χ2v) is 17.4. The number of phenols is 1. The first kappa shape index (κ1) is 25.2. The minimum Gasteiger partial charge on any atom is -0.507 e. The van der Waals surface area contributed by atoms with Crippen molar-refractivity contribution in [3.63, 3.8) is 0 Å². The van der Waals surface area contributed by atoms with E-state index in [-0.39, 0.29) is 33.9 Å². The average molecular weight is 901 g/mol. The van der Waals surface area contributed by atoms with Gasteiger partial charge in [0.25, 0.3) is 0 Å². The van der Waals surface area contributed by atoms with Crippen LogP contribution in [0, 0.1) is 6.85 Å². The summed E-state index contributed by atoms with van der Waals surface area (Å²) in [5.41, 5.74) is -6.52. The Morgan fingerprint density at radius 2 is 1.16 bits per heavy atom. The maximum atomic E-state index is 13.1. The number of para-hydroxylation sites is 1. The lowest BCUT2D eigenvalue weighted by molar-refractivity contribution is 0.446. The Morgan fingerprint density at radius 3 is 1.82 bits per heavy atom. The molecule has 0 aliphatic carbocycles. The minimum atomic E-state index is -4.27. The van der Waals surface area contributed by atoms with Crippen LogP contribution in [0.1, 0.15) is 140 Å². The highest BCUT2D eigenvalue weighted by Crippen LogP contribution is 2.45. The van der Waals surface area contributed by atoms with E-state index in [0.29, 0.717) is 45.1 Å². The molecule has 0 atom stereocenters. The second-order valence-electron chi connectivity index (χ2n) is 17.4. The molecule has 0 radical (unpaired) electrons. The van der Waals surface area contributed by atoms with Gasteiger partial charge in [0, 0.05) is 54.4 Å². The molecule has 9 aromatic rings. The quantitative estimate of drug-likeness (QED) is 0.157. The molecule has 0 aliphatic heterocycles. The van der Waals surface area contributed by atoms with Gasteiger partial charge in [-0.15, -0.1) is 0 Å². The summed E-state index contributed by atoms with van der Waals surface area (Å²) in [6.07, 6.45) is 1.66. The fourth-order valence-electron chi connectivity index (χ4n) is 8.47. The fraction of sp³-hybridized carbons (Fsp3) is 0.238. The molecule has 336 valence electrons. The van der Waals surface area contributed by atoms with E-state index in [9.17, 15) is 9.22 Å². The zero-order chi connectivity index (χ0) is 66.7. The molecule has 1 N–H and O–H groups in total. The molecule has 0 amide bonds. The Bertz CT molecular complexity index is 4070. The summed E-state index contributed by atoms with van der Waals surface area (Å²) in [6.45, 7) is -21.7. The fourth-order valence-corrected chi connectivity index (χ4v) is 8.47. The molecular formula is C63H63N3O. The molecule has 4 heteroatoms. The smallest absolute Gasteiger partial charge is 0.149 e. The van der Waals surface area contributed by atoms with Gasteiger partial charge in [-0.25, -0.2) is 4.98 Å². The topological polar surface area (TPSA) is 50.9 Å². The third-order valence-corrected chi connectivity index (χ3v) is 12.0. The van der Waals surface area contributed by atoms with Crippen LogP contribution in [-0.2, 0) is 10.8 Å². The van der Waals surface area contributed by atoms with Crippen molar-refractivity contribution in [3.05, 3.63) is 192 Å². The van der Waals surface area contributed by atoms with E-state index in [1.165, 1.54) is 24.3 Å². The highest BCUT2D eigenvalue weighted by molar-refractivity contribution is 5.98. The number of pyridine rings is 1. The van der Waals surface area contributed by atoms with E-state index in [1.807, 2.05) is 91.0 Å². The minimum absolute atomic E-state index is 0.0124. The number of hydrogen-bond acceptors (Lipinski definition) is 3. The summed E-state index contributed by atoms with van der Waals surface area (Å²) in [6, 6.07) is 42.9. The molecular weight excluding hydrogens is 815 g/mol. The van der Waals surface area contributed by atoms with E-state index >= 15 is 0 Å². The number of benzene rings is 7. The van der Waals surface area contributed by atoms with Crippen LogP contribution in [0.3, 0.4) is 0 Å². The lowest BCUT2D eigenvalue weighted by Gasteiger charge is -2.27. The largest absolute Gasteiger partial charge is 0.507 e. The predicted molar refractivity (Wildman–Crippen MR) is 283 cm³/mol. The Morgan fingerprint density at radius 1 is 0.537 bits per heavy atom. The van der Waals surface area contributed by atoms with Crippen molar-refractivity contribution in [3.8, 4) is 78.6 Å². The van der Waals surface area contributed by atoms with Crippen LogP contribution in [0.5, 0.6) is 5.75 Å². The maximum absolute atomic E-state index is 13.1. The van der Waals surface area contributed by atoms with E-state index < -0.39 is 104 Å². The molecule has 0 unspecified atom stereocenters. The van der Waals surface area contributed by atoms with Crippen LogP contribution in [0.15, 0.2) is 164 Å². The Hall–Kier alpha value is -7.04. The Kier molecular flexibility index (Phi) is 6.63. The van der Waals surface area contributed by atoms with Crippen molar-refractivity contribution in [2.75, 3.05) is 0 Å². The van der Waals surface area contributed by atoms with Crippen LogP contribution in [0.2, 0.25) is 0 Å². The van der Waals surface area contributed by atoms with Gasteiger partial charge in [-0.3, -0.25) is 9.55 Å². The van der Waals surface area contributed by atoms with Crippen LogP contribution in [0.4, 0.5) is 0 Å². The molecule has 0 fully saturated rings. The molecule has 7 aromatic carbocycles. The van der Waals surface area contributed by atoms with E-state index in [4.69, 9.17) is 37.4 Å². The molecule has 0 spiro atoms. The van der Waals surface area contributed by atoms with Crippen molar-refractivity contribution >= 4 is 11.0 Å². The number of imidazole rings is 1. The SMILES string of the molecule is [2H]C([2H])([2H])c1cc(-c2cc(C([2H])(C)C)cc(C([2H])(C)C)c2)ccc1-n1c(-c2cc(C(C([2H])([2H])[2H])(C([2H])([2H])[2H])C([2H])([2H])[2H])cc(C(C([2H])([2H])[2H])(C([2H])([2H])[2H])C([2H])([2H])[2H])c2O)nc2c(-c3cc(-c4ccccc4)cc(-c4cc(-c5ccccc5)ccn4)c3)cccc21. The summed E-state index contributed by atoms with van der Waals surface area (Å²) < 4.78 is 205. The van der Waals surface area contributed by atoms with Crippen molar-refractivity contribution in [1.29, 1.82) is 0 Å². The lowest BCUT2D eigenvalue weighted by atomic mass is 9.79. The van der Waals surface area contributed by atoms with Crippen LogP contribution < -0.4 is 0 Å². The molecule has 2 aromatic heterocycles. The molecule has 0 saturated carbocycles. The Balaban J connectivity index is 1.51. The first-order valence-electron chi connectivity index (χ1n) is 33.2. The first-order valence-corrected chi connectivity index (χ1v) is 21.7. The summed E-state index contributed by atoms with van der Waals surface area (Å²) in [4.78, 5) is 9.84. The third-order valence-electron chi connectivity index (χ3n) is 12.0. The van der Waals surface area contributed by atoms with Crippen LogP contribution in [0.25, 0.3) is 83.9 Å². The maximum Gasteiger partial charge on any atom is 0.149 e. The molecule has 4 nitrogen and oxygen atoms in total. The number of fused-ring (bicyclic) bond motifs is 1. The molecule has 0 aliphatic rings. The highest BCUT2D eigenvalue weighted by Gasteiger charge is 2.29. The number of nitrogens with zero attached hydrogens (tertiary/aromatic N) is 3. The summed E-state index contributed by atoms with van der Waals surface area (Å²) in [5, 5.41) is 13.1. The van der Waals surface area contributed by atoms with Crippen molar-refractivity contribution in [2.24, 2.45) is 0 Å².